The summed E-state index contributed by atoms with van der Waals surface area (Å²) in [5.74, 6) is 0. The van der Waals surface area contributed by atoms with Gasteiger partial charge in [-0.1, -0.05) is 0 Å². The molecule has 2 rings (SSSR count). The zero-order valence-corrected chi connectivity index (χ0v) is 12.8. The first-order valence-corrected chi connectivity index (χ1v) is 8.19. The maximum absolute atomic E-state index is 12.1. The van der Waals surface area contributed by atoms with E-state index in [-0.39, 0.29) is 20.5 Å². The Morgan fingerprint density at radius 3 is 2.43 bits per heavy atom. The summed E-state index contributed by atoms with van der Waals surface area (Å²) in [5, 5.41) is 19.4. The number of aromatic nitrogens is 1. The van der Waals surface area contributed by atoms with Gasteiger partial charge in [-0.2, -0.15) is 0 Å². The van der Waals surface area contributed by atoms with Crippen LogP contribution in [0.2, 0.25) is 5.32 Å². The fourth-order valence-electron chi connectivity index (χ4n) is 1.94. The van der Waals surface area contributed by atoms with E-state index in [9.17, 15) is 15.3 Å². The summed E-state index contributed by atoms with van der Waals surface area (Å²) in [4.78, 5) is 14.8. The molecule has 21 heavy (non-hydrogen) atoms. The van der Waals surface area contributed by atoms with Crippen molar-refractivity contribution in [3.63, 3.8) is 0 Å². The van der Waals surface area contributed by atoms with Gasteiger partial charge in [-0.25, -0.2) is 0 Å². The fourth-order valence-corrected chi connectivity index (χ4v) is 3.49. The summed E-state index contributed by atoms with van der Waals surface area (Å²) in [7, 11) is 0. The van der Waals surface area contributed by atoms with E-state index in [2.05, 4.69) is 17.6 Å². The van der Waals surface area contributed by atoms with Gasteiger partial charge in [0.2, 0.25) is 0 Å². The van der Waals surface area contributed by atoms with Gasteiger partial charge in [-0.15, -0.1) is 0 Å². The van der Waals surface area contributed by atoms with E-state index < -0.39 is 5.56 Å². The van der Waals surface area contributed by atoms with Gasteiger partial charge in [0.25, 0.3) is 0 Å². The Labute approximate surface area is 128 Å². The number of hydrogen-bond acceptors (Lipinski definition) is 3. The van der Waals surface area contributed by atoms with Crippen molar-refractivity contribution >= 4 is 19.5 Å². The van der Waals surface area contributed by atoms with Crippen LogP contribution in [0.5, 0.6) is 0 Å². The summed E-state index contributed by atoms with van der Waals surface area (Å²) < 4.78 is 0.604. The number of hydrogen-bond donors (Lipinski definition) is 1. The Morgan fingerprint density at radius 1 is 1.19 bits per heavy atom. The molecule has 0 unspecified atom stereocenters. The van der Waals surface area contributed by atoms with Crippen molar-refractivity contribution in [3.8, 4) is 23.3 Å². The van der Waals surface area contributed by atoms with E-state index in [0.717, 1.165) is 0 Å². The number of benzene rings is 1. The van der Waals surface area contributed by atoms with Crippen molar-refractivity contribution < 1.29 is 0 Å². The van der Waals surface area contributed by atoms with Gasteiger partial charge < -0.3 is 0 Å². The molecule has 2 aromatic rings. The molecule has 0 spiro atoms. The predicted octanol–water partition coefficient (Wildman–Crippen LogP) is 1.72. The third kappa shape index (κ3) is 2.95. The van der Waals surface area contributed by atoms with Crippen LogP contribution in [0, 0.1) is 22.7 Å². The second kappa shape index (κ2) is 6.72. The standard InChI is InChI=1S/C16H11N3OSe/c1-2-8-21-16-13(10-18)14(11-6-4-3-5-7-11)12(9-17)15(20)19-16/h2-7H,1,8H2,(H,19,20). The summed E-state index contributed by atoms with van der Waals surface area (Å²) in [6.07, 6.45) is 1.75. The number of nitriles is 2. The van der Waals surface area contributed by atoms with Gasteiger partial charge in [0.15, 0.2) is 0 Å². The number of nitrogens with one attached hydrogen (secondary N) is 1. The Kier molecular flexibility index (Phi) is 4.74. The molecule has 1 heterocycles. The van der Waals surface area contributed by atoms with Crippen LogP contribution in [0.1, 0.15) is 11.1 Å². The normalized spacial score (nSPS) is 9.62. The molecule has 5 heteroatoms. The van der Waals surface area contributed by atoms with Crippen LogP contribution in [-0.2, 0) is 0 Å². The SMILES string of the molecule is C=CC[Se]c1[nH]c(=O)c(C#N)c(-c2ccccc2)c1C#N. The molecule has 0 bridgehead atoms. The van der Waals surface area contributed by atoms with Crippen LogP contribution in [0.15, 0.2) is 47.8 Å². The molecule has 0 atom stereocenters. The average Bonchev–Trinajstić information content (AvgIpc) is 2.52. The predicted molar refractivity (Wildman–Crippen MR) is 82.3 cm³/mol. The van der Waals surface area contributed by atoms with E-state index in [4.69, 9.17) is 0 Å². The third-order valence-corrected chi connectivity index (χ3v) is 4.91. The molecule has 0 saturated heterocycles. The number of rotatable bonds is 4. The van der Waals surface area contributed by atoms with Crippen molar-refractivity contribution in [2.75, 3.05) is 0 Å². The molecule has 0 aliphatic carbocycles. The molecule has 0 aliphatic heterocycles. The Balaban J connectivity index is 2.80. The first kappa shape index (κ1) is 14.8. The summed E-state index contributed by atoms with van der Waals surface area (Å²) in [6, 6.07) is 13.1. The van der Waals surface area contributed by atoms with Gasteiger partial charge in [0.05, 0.1) is 0 Å². The number of H-pyrrole nitrogens is 1. The third-order valence-electron chi connectivity index (χ3n) is 2.81. The monoisotopic (exact) mass is 341 g/mol. The molecule has 0 aliphatic rings. The van der Waals surface area contributed by atoms with E-state index in [1.807, 2.05) is 24.3 Å². The van der Waals surface area contributed by atoms with E-state index in [0.29, 0.717) is 26.6 Å². The number of nitrogens with zero attached hydrogens (tertiary/aromatic N) is 2. The molecular weight excluding hydrogens is 329 g/mol. The zero-order valence-electron chi connectivity index (χ0n) is 11.1. The van der Waals surface area contributed by atoms with Crippen LogP contribution >= 0.6 is 0 Å². The van der Waals surface area contributed by atoms with Crippen LogP contribution in [-0.4, -0.2) is 19.9 Å². The van der Waals surface area contributed by atoms with Gasteiger partial charge >= 0.3 is 128 Å². The quantitative estimate of drug-likeness (QED) is 0.680. The topological polar surface area (TPSA) is 80.4 Å². The van der Waals surface area contributed by atoms with Gasteiger partial charge in [0, 0.05) is 0 Å². The Hall–Kier alpha value is -2.59. The molecule has 0 fully saturated rings. The van der Waals surface area contributed by atoms with Gasteiger partial charge in [-0.05, 0) is 0 Å². The van der Waals surface area contributed by atoms with E-state index in [1.54, 1.807) is 18.2 Å². The van der Waals surface area contributed by atoms with Crippen molar-refractivity contribution in [2.24, 2.45) is 0 Å². The minimum absolute atomic E-state index is 0.0177. The number of aromatic amines is 1. The van der Waals surface area contributed by atoms with Crippen LogP contribution < -0.4 is 10.2 Å². The second-order valence-corrected chi connectivity index (χ2v) is 6.26. The molecule has 1 aromatic heterocycles. The molecular formula is C16H11N3OSe. The van der Waals surface area contributed by atoms with Crippen molar-refractivity contribution in [2.45, 2.75) is 5.32 Å². The van der Waals surface area contributed by atoms with Crippen molar-refractivity contribution in [1.82, 2.24) is 4.98 Å². The Bertz CT molecular complexity index is 810. The van der Waals surface area contributed by atoms with Crippen molar-refractivity contribution in [1.29, 1.82) is 10.5 Å². The fraction of sp³-hybridized carbons (Fsp3) is 0.0625. The molecule has 0 radical (unpaired) electrons. The van der Waals surface area contributed by atoms with Crippen LogP contribution in [0.4, 0.5) is 0 Å². The first-order chi connectivity index (χ1) is 10.2. The van der Waals surface area contributed by atoms with Crippen molar-refractivity contribution in [3.05, 3.63) is 64.5 Å². The first-order valence-electron chi connectivity index (χ1n) is 6.12. The maximum atomic E-state index is 12.1. The minimum atomic E-state index is -0.448. The molecule has 1 aromatic carbocycles. The molecule has 0 saturated carbocycles. The summed E-state index contributed by atoms with van der Waals surface area (Å²) >= 11 is -0.0938. The zero-order chi connectivity index (χ0) is 15.2. The van der Waals surface area contributed by atoms with Gasteiger partial charge in [0.1, 0.15) is 0 Å². The van der Waals surface area contributed by atoms with Crippen LogP contribution in [0.25, 0.3) is 11.1 Å². The van der Waals surface area contributed by atoms with Crippen LogP contribution in [0.3, 0.4) is 0 Å². The van der Waals surface area contributed by atoms with Gasteiger partial charge in [-0.3, -0.25) is 0 Å². The Morgan fingerprint density at radius 2 is 1.86 bits per heavy atom. The molecule has 0 amide bonds. The van der Waals surface area contributed by atoms with E-state index in [1.165, 1.54) is 0 Å². The average molecular weight is 340 g/mol. The molecule has 1 N–H and O–H groups in total. The summed E-state index contributed by atoms with van der Waals surface area (Å²) in [6.45, 7) is 3.66. The molecule has 102 valence electrons. The molecule has 4 nitrogen and oxygen atoms in total. The number of allylic oxidation sites excluding steroid dienone is 1. The second-order valence-electron chi connectivity index (χ2n) is 4.10. The summed E-state index contributed by atoms with van der Waals surface area (Å²) in [5.41, 5.74) is 1.03. The number of pyridine rings is 1. The van der Waals surface area contributed by atoms with E-state index >= 15 is 0 Å².